The Hall–Kier alpha value is -0.340. The molecule has 1 aliphatic carbocycles. The molecule has 0 aromatic heterocycles. The van der Waals surface area contributed by atoms with Crippen LogP contribution < -0.4 is 11.1 Å². The standard InChI is InChI=1S/C12H24N2/c1-9(2)14-7-5-4-6-12(13)11-8-10(11)3/h8-9,11-12,14H,4-7,13H2,1-3H3. The molecule has 1 aliphatic rings. The topological polar surface area (TPSA) is 38.0 Å². The van der Waals surface area contributed by atoms with E-state index in [0.29, 0.717) is 18.0 Å². The molecule has 2 atom stereocenters. The normalized spacial score (nSPS) is 22.4. The van der Waals surface area contributed by atoms with E-state index in [2.05, 4.69) is 32.2 Å². The van der Waals surface area contributed by atoms with Gasteiger partial charge in [-0.05, 0) is 26.3 Å². The average Bonchev–Trinajstić information content (AvgIpc) is 2.81. The summed E-state index contributed by atoms with van der Waals surface area (Å²) in [5.41, 5.74) is 7.52. The molecule has 0 spiro atoms. The summed E-state index contributed by atoms with van der Waals surface area (Å²) < 4.78 is 0. The number of rotatable bonds is 7. The van der Waals surface area contributed by atoms with Crippen LogP contribution in [0.25, 0.3) is 0 Å². The van der Waals surface area contributed by atoms with E-state index >= 15 is 0 Å². The molecule has 3 N–H and O–H groups in total. The fourth-order valence-corrected chi connectivity index (χ4v) is 1.77. The van der Waals surface area contributed by atoms with Gasteiger partial charge in [-0.15, -0.1) is 0 Å². The van der Waals surface area contributed by atoms with Crippen LogP contribution >= 0.6 is 0 Å². The maximum atomic E-state index is 6.04. The summed E-state index contributed by atoms with van der Waals surface area (Å²) in [6, 6.07) is 0.991. The molecule has 0 fully saturated rings. The van der Waals surface area contributed by atoms with Crippen molar-refractivity contribution >= 4 is 0 Å². The van der Waals surface area contributed by atoms with Gasteiger partial charge in [0.2, 0.25) is 0 Å². The molecule has 0 bridgehead atoms. The third-order valence-electron chi connectivity index (χ3n) is 2.84. The van der Waals surface area contributed by atoms with Gasteiger partial charge in [-0.25, -0.2) is 0 Å². The van der Waals surface area contributed by atoms with Crippen molar-refractivity contribution in [2.75, 3.05) is 6.54 Å². The summed E-state index contributed by atoms with van der Waals surface area (Å²) in [5.74, 6) is 0.632. The molecule has 0 saturated heterocycles. The van der Waals surface area contributed by atoms with Crippen LogP contribution in [0.4, 0.5) is 0 Å². The van der Waals surface area contributed by atoms with Gasteiger partial charge < -0.3 is 11.1 Å². The lowest BCUT2D eigenvalue weighted by molar-refractivity contribution is 0.501. The van der Waals surface area contributed by atoms with Crippen molar-refractivity contribution < 1.29 is 0 Å². The fraction of sp³-hybridized carbons (Fsp3) is 0.833. The smallest absolute Gasteiger partial charge is 0.0140 e. The monoisotopic (exact) mass is 196 g/mol. The number of nitrogens with two attached hydrogens (primary N) is 1. The van der Waals surface area contributed by atoms with Gasteiger partial charge in [0.15, 0.2) is 0 Å². The summed E-state index contributed by atoms with van der Waals surface area (Å²) >= 11 is 0. The van der Waals surface area contributed by atoms with Crippen molar-refractivity contribution in [3.8, 4) is 0 Å². The van der Waals surface area contributed by atoms with Crippen molar-refractivity contribution in [2.24, 2.45) is 11.7 Å². The summed E-state index contributed by atoms with van der Waals surface area (Å²) in [6.07, 6.45) is 5.94. The highest BCUT2D eigenvalue weighted by Gasteiger charge is 2.26. The van der Waals surface area contributed by atoms with E-state index in [-0.39, 0.29) is 0 Å². The lowest BCUT2D eigenvalue weighted by Crippen LogP contribution is -2.26. The molecule has 82 valence electrons. The van der Waals surface area contributed by atoms with Crippen molar-refractivity contribution in [2.45, 2.75) is 52.1 Å². The van der Waals surface area contributed by atoms with Gasteiger partial charge in [0.05, 0.1) is 0 Å². The summed E-state index contributed by atoms with van der Waals surface area (Å²) in [7, 11) is 0. The van der Waals surface area contributed by atoms with E-state index in [1.807, 2.05) is 0 Å². The van der Waals surface area contributed by atoms with Gasteiger partial charge >= 0.3 is 0 Å². The Balaban J connectivity index is 1.89. The zero-order valence-electron chi connectivity index (χ0n) is 9.72. The van der Waals surface area contributed by atoms with E-state index in [4.69, 9.17) is 5.73 Å². The maximum absolute atomic E-state index is 6.04. The summed E-state index contributed by atoms with van der Waals surface area (Å²) in [6.45, 7) is 7.67. The zero-order valence-corrected chi connectivity index (χ0v) is 9.72. The second-order valence-electron chi connectivity index (χ2n) is 4.70. The highest BCUT2D eigenvalue weighted by atomic mass is 14.9. The highest BCUT2D eigenvalue weighted by molar-refractivity contribution is 5.29. The minimum absolute atomic E-state index is 0.383. The second-order valence-corrected chi connectivity index (χ2v) is 4.70. The van der Waals surface area contributed by atoms with Crippen LogP contribution in [0.3, 0.4) is 0 Å². The first-order valence-corrected chi connectivity index (χ1v) is 5.78. The van der Waals surface area contributed by atoms with E-state index in [9.17, 15) is 0 Å². The molecule has 2 nitrogen and oxygen atoms in total. The van der Waals surface area contributed by atoms with Crippen LogP contribution in [-0.4, -0.2) is 18.6 Å². The lowest BCUT2D eigenvalue weighted by Gasteiger charge is -2.12. The predicted molar refractivity (Wildman–Crippen MR) is 62.2 cm³/mol. The van der Waals surface area contributed by atoms with E-state index in [0.717, 1.165) is 13.0 Å². The molecule has 0 amide bonds. The quantitative estimate of drug-likeness (QED) is 0.483. The third kappa shape index (κ3) is 4.25. The summed E-state index contributed by atoms with van der Waals surface area (Å²) in [5, 5.41) is 3.42. The molecule has 1 rings (SSSR count). The van der Waals surface area contributed by atoms with Crippen LogP contribution in [0.2, 0.25) is 0 Å². The Morgan fingerprint density at radius 2 is 2.07 bits per heavy atom. The Kier molecular flexibility index (Phi) is 4.63. The average molecular weight is 196 g/mol. The number of hydrogen-bond acceptors (Lipinski definition) is 2. The Morgan fingerprint density at radius 1 is 1.43 bits per heavy atom. The first-order chi connectivity index (χ1) is 6.61. The lowest BCUT2D eigenvalue weighted by atomic mass is 10.0. The molecule has 0 aromatic carbocycles. The van der Waals surface area contributed by atoms with Gasteiger partial charge in [-0.2, -0.15) is 0 Å². The van der Waals surface area contributed by atoms with E-state index in [1.54, 1.807) is 0 Å². The number of nitrogens with one attached hydrogen (secondary N) is 1. The van der Waals surface area contributed by atoms with Crippen molar-refractivity contribution in [3.05, 3.63) is 11.6 Å². The van der Waals surface area contributed by atoms with E-state index < -0.39 is 0 Å². The third-order valence-corrected chi connectivity index (χ3v) is 2.84. The molecule has 0 heterocycles. The van der Waals surface area contributed by atoms with Gasteiger partial charge in [0, 0.05) is 18.0 Å². The first kappa shape index (κ1) is 11.7. The zero-order chi connectivity index (χ0) is 10.6. The van der Waals surface area contributed by atoms with E-state index in [1.165, 1.54) is 18.4 Å². The Bertz CT molecular complexity index is 196. The highest BCUT2D eigenvalue weighted by Crippen LogP contribution is 2.31. The van der Waals surface area contributed by atoms with Crippen LogP contribution in [0.5, 0.6) is 0 Å². The van der Waals surface area contributed by atoms with Crippen LogP contribution in [-0.2, 0) is 0 Å². The number of unbranched alkanes of at least 4 members (excludes halogenated alkanes) is 1. The predicted octanol–water partition coefficient (Wildman–Crippen LogP) is 2.06. The number of hydrogen-bond donors (Lipinski definition) is 2. The molecule has 0 aromatic rings. The molecule has 0 aliphatic heterocycles. The van der Waals surface area contributed by atoms with Gasteiger partial charge in [0.1, 0.15) is 0 Å². The summed E-state index contributed by atoms with van der Waals surface area (Å²) in [4.78, 5) is 0. The Morgan fingerprint density at radius 3 is 2.57 bits per heavy atom. The van der Waals surface area contributed by atoms with Gasteiger partial charge in [0.25, 0.3) is 0 Å². The largest absolute Gasteiger partial charge is 0.327 e. The first-order valence-electron chi connectivity index (χ1n) is 5.78. The molecule has 0 radical (unpaired) electrons. The molecule has 2 unspecified atom stereocenters. The Labute approximate surface area is 87.9 Å². The second kappa shape index (κ2) is 5.52. The van der Waals surface area contributed by atoms with Crippen LogP contribution in [0.15, 0.2) is 11.6 Å². The van der Waals surface area contributed by atoms with Crippen molar-refractivity contribution in [1.82, 2.24) is 5.32 Å². The maximum Gasteiger partial charge on any atom is 0.0140 e. The molecule has 0 saturated carbocycles. The van der Waals surface area contributed by atoms with Crippen LogP contribution in [0, 0.1) is 5.92 Å². The molecular formula is C12H24N2. The SMILES string of the molecule is CC1=CC1C(N)CCCCNC(C)C. The van der Waals surface area contributed by atoms with Crippen molar-refractivity contribution in [1.29, 1.82) is 0 Å². The van der Waals surface area contributed by atoms with Crippen molar-refractivity contribution in [3.63, 3.8) is 0 Å². The van der Waals surface area contributed by atoms with Crippen LogP contribution in [0.1, 0.15) is 40.0 Å². The fourth-order valence-electron chi connectivity index (χ4n) is 1.77. The molecular weight excluding hydrogens is 172 g/mol. The molecule has 2 heteroatoms. The minimum Gasteiger partial charge on any atom is -0.327 e. The van der Waals surface area contributed by atoms with Gasteiger partial charge in [-0.1, -0.05) is 31.9 Å². The minimum atomic E-state index is 0.383. The molecule has 14 heavy (non-hydrogen) atoms. The van der Waals surface area contributed by atoms with Gasteiger partial charge in [-0.3, -0.25) is 0 Å².